The molecule has 19 heavy (non-hydrogen) atoms. The molecule has 0 fully saturated rings. The fraction of sp³-hybridized carbons (Fsp3) is 0.267. The number of benzene rings is 1. The van der Waals surface area contributed by atoms with Crippen molar-refractivity contribution >= 4 is 11.8 Å². The van der Waals surface area contributed by atoms with Crippen LogP contribution in [0.5, 0.6) is 11.5 Å². The van der Waals surface area contributed by atoms with Gasteiger partial charge >= 0.3 is 0 Å². The summed E-state index contributed by atoms with van der Waals surface area (Å²) in [6.07, 6.45) is 1.84. The highest BCUT2D eigenvalue weighted by atomic mass is 32.2. The summed E-state index contributed by atoms with van der Waals surface area (Å²) in [6, 6.07) is 7.24. The SMILES string of the molecule is COc1c(C)cnc(CSc2cccc(O)c2)c1C. The molecule has 1 heterocycles. The van der Waals surface area contributed by atoms with Crippen LogP contribution >= 0.6 is 11.8 Å². The molecule has 4 heteroatoms. The molecule has 0 saturated heterocycles. The zero-order valence-corrected chi connectivity index (χ0v) is 12.1. The summed E-state index contributed by atoms with van der Waals surface area (Å²) in [6.45, 7) is 4.02. The third kappa shape index (κ3) is 3.20. The van der Waals surface area contributed by atoms with Gasteiger partial charge in [-0.25, -0.2) is 0 Å². The molecule has 0 unspecified atom stereocenters. The minimum absolute atomic E-state index is 0.288. The summed E-state index contributed by atoms with van der Waals surface area (Å²) >= 11 is 1.65. The van der Waals surface area contributed by atoms with Crippen LogP contribution in [0.2, 0.25) is 0 Å². The van der Waals surface area contributed by atoms with Gasteiger partial charge in [-0.3, -0.25) is 4.98 Å². The van der Waals surface area contributed by atoms with E-state index in [1.807, 2.05) is 32.2 Å². The Hall–Kier alpha value is -1.68. The van der Waals surface area contributed by atoms with Crippen LogP contribution in [0.3, 0.4) is 0 Å². The number of hydrogen-bond acceptors (Lipinski definition) is 4. The Kier molecular flexibility index (Phi) is 4.32. The van der Waals surface area contributed by atoms with Crippen molar-refractivity contribution in [2.45, 2.75) is 24.5 Å². The van der Waals surface area contributed by atoms with E-state index in [1.165, 1.54) is 0 Å². The molecule has 0 saturated carbocycles. The van der Waals surface area contributed by atoms with Crippen molar-refractivity contribution in [1.82, 2.24) is 4.98 Å². The Morgan fingerprint density at radius 1 is 1.32 bits per heavy atom. The van der Waals surface area contributed by atoms with E-state index in [0.29, 0.717) is 0 Å². The molecular weight excluding hydrogens is 258 g/mol. The predicted octanol–water partition coefficient (Wildman–Crippen LogP) is 3.70. The van der Waals surface area contributed by atoms with Crippen molar-refractivity contribution in [3.05, 3.63) is 47.3 Å². The number of phenolic OH excluding ortho intramolecular Hbond substituents is 1. The van der Waals surface area contributed by atoms with E-state index in [0.717, 1.165) is 33.2 Å². The van der Waals surface area contributed by atoms with Crippen molar-refractivity contribution in [3.8, 4) is 11.5 Å². The molecule has 0 atom stereocenters. The lowest BCUT2D eigenvalue weighted by molar-refractivity contribution is 0.407. The molecule has 1 N–H and O–H groups in total. The van der Waals surface area contributed by atoms with Crippen LogP contribution in [0.15, 0.2) is 35.4 Å². The maximum atomic E-state index is 9.43. The summed E-state index contributed by atoms with van der Waals surface area (Å²) in [5.41, 5.74) is 3.14. The van der Waals surface area contributed by atoms with Crippen molar-refractivity contribution in [2.75, 3.05) is 7.11 Å². The van der Waals surface area contributed by atoms with Crippen molar-refractivity contribution in [1.29, 1.82) is 0 Å². The minimum Gasteiger partial charge on any atom is -0.508 e. The summed E-state index contributed by atoms with van der Waals surface area (Å²) in [7, 11) is 1.68. The monoisotopic (exact) mass is 275 g/mol. The number of nitrogens with zero attached hydrogens (tertiary/aromatic N) is 1. The van der Waals surface area contributed by atoms with E-state index in [1.54, 1.807) is 31.0 Å². The Morgan fingerprint density at radius 3 is 2.79 bits per heavy atom. The number of thioether (sulfide) groups is 1. The minimum atomic E-state index is 0.288. The van der Waals surface area contributed by atoms with Crippen LogP contribution < -0.4 is 4.74 Å². The largest absolute Gasteiger partial charge is 0.508 e. The molecule has 2 rings (SSSR count). The second-order valence-electron chi connectivity index (χ2n) is 4.33. The first kappa shape index (κ1) is 13.7. The maximum absolute atomic E-state index is 9.43. The lowest BCUT2D eigenvalue weighted by Crippen LogP contribution is -1.98. The van der Waals surface area contributed by atoms with Gasteiger partial charge < -0.3 is 9.84 Å². The lowest BCUT2D eigenvalue weighted by Gasteiger charge is -2.12. The highest BCUT2D eigenvalue weighted by Gasteiger charge is 2.09. The van der Waals surface area contributed by atoms with E-state index in [4.69, 9.17) is 4.74 Å². The molecule has 0 bridgehead atoms. The highest BCUT2D eigenvalue weighted by molar-refractivity contribution is 7.98. The second-order valence-corrected chi connectivity index (χ2v) is 5.38. The Balaban J connectivity index is 2.16. The molecule has 1 aromatic heterocycles. The fourth-order valence-corrected chi connectivity index (χ4v) is 2.91. The summed E-state index contributed by atoms with van der Waals surface area (Å²) in [5.74, 6) is 1.95. The average molecular weight is 275 g/mol. The Morgan fingerprint density at radius 2 is 2.11 bits per heavy atom. The van der Waals surface area contributed by atoms with Crippen LogP contribution in [-0.4, -0.2) is 17.2 Å². The number of rotatable bonds is 4. The van der Waals surface area contributed by atoms with Crippen LogP contribution in [0.25, 0.3) is 0 Å². The van der Waals surface area contributed by atoms with Crippen LogP contribution in [0, 0.1) is 13.8 Å². The molecule has 2 aromatic rings. The van der Waals surface area contributed by atoms with Gasteiger partial charge in [0.05, 0.1) is 12.8 Å². The first-order chi connectivity index (χ1) is 9.11. The molecule has 0 radical (unpaired) electrons. The maximum Gasteiger partial charge on any atom is 0.128 e. The van der Waals surface area contributed by atoms with Gasteiger partial charge in [0.25, 0.3) is 0 Å². The standard InChI is InChI=1S/C15H17NO2S/c1-10-8-16-14(11(2)15(10)18-3)9-19-13-6-4-5-12(17)7-13/h4-8,17H,9H2,1-3H3. The number of pyridine rings is 1. The molecule has 0 spiro atoms. The number of phenols is 1. The zero-order chi connectivity index (χ0) is 13.8. The van der Waals surface area contributed by atoms with E-state index < -0.39 is 0 Å². The smallest absolute Gasteiger partial charge is 0.128 e. The van der Waals surface area contributed by atoms with Crippen LogP contribution in [0.1, 0.15) is 16.8 Å². The molecule has 0 aliphatic carbocycles. The fourth-order valence-electron chi connectivity index (χ4n) is 1.94. The van der Waals surface area contributed by atoms with E-state index in [9.17, 15) is 5.11 Å². The molecule has 100 valence electrons. The van der Waals surface area contributed by atoms with Gasteiger partial charge in [0.1, 0.15) is 11.5 Å². The van der Waals surface area contributed by atoms with Gasteiger partial charge in [-0.2, -0.15) is 0 Å². The number of aromatic hydroxyl groups is 1. The predicted molar refractivity (Wildman–Crippen MR) is 77.9 cm³/mol. The third-order valence-corrected chi connectivity index (χ3v) is 3.95. The van der Waals surface area contributed by atoms with Crippen molar-refractivity contribution in [3.63, 3.8) is 0 Å². The van der Waals surface area contributed by atoms with E-state index >= 15 is 0 Å². The highest BCUT2D eigenvalue weighted by Crippen LogP contribution is 2.30. The van der Waals surface area contributed by atoms with Gasteiger partial charge in [-0.05, 0) is 32.0 Å². The number of ether oxygens (including phenoxy) is 1. The van der Waals surface area contributed by atoms with Gasteiger partial charge in [0.2, 0.25) is 0 Å². The second kappa shape index (κ2) is 5.97. The zero-order valence-electron chi connectivity index (χ0n) is 11.3. The summed E-state index contributed by atoms with van der Waals surface area (Å²) < 4.78 is 5.40. The molecule has 1 aromatic carbocycles. The molecule has 0 aliphatic heterocycles. The Labute approximate surface area is 117 Å². The van der Waals surface area contributed by atoms with Crippen LogP contribution in [0.4, 0.5) is 0 Å². The van der Waals surface area contributed by atoms with Gasteiger partial charge in [-0.15, -0.1) is 11.8 Å². The first-order valence-electron chi connectivity index (χ1n) is 6.02. The lowest BCUT2D eigenvalue weighted by atomic mass is 10.1. The molecular formula is C15H17NO2S. The summed E-state index contributed by atoms with van der Waals surface area (Å²) in [4.78, 5) is 5.49. The number of hydrogen-bond donors (Lipinski definition) is 1. The molecule has 0 aliphatic rings. The number of methoxy groups -OCH3 is 1. The topological polar surface area (TPSA) is 42.4 Å². The van der Waals surface area contributed by atoms with Gasteiger partial charge in [0.15, 0.2) is 0 Å². The first-order valence-corrected chi connectivity index (χ1v) is 7.01. The van der Waals surface area contributed by atoms with E-state index in [-0.39, 0.29) is 5.75 Å². The molecule has 3 nitrogen and oxygen atoms in total. The average Bonchev–Trinajstić information content (AvgIpc) is 2.38. The number of aromatic nitrogens is 1. The number of aryl methyl sites for hydroxylation is 1. The molecule has 0 amide bonds. The van der Waals surface area contributed by atoms with Gasteiger partial charge in [-0.1, -0.05) is 6.07 Å². The van der Waals surface area contributed by atoms with Gasteiger partial charge in [0, 0.05) is 28.0 Å². The van der Waals surface area contributed by atoms with E-state index in [2.05, 4.69) is 4.98 Å². The normalized spacial score (nSPS) is 10.5. The van der Waals surface area contributed by atoms with Crippen molar-refractivity contribution < 1.29 is 9.84 Å². The quantitative estimate of drug-likeness (QED) is 0.864. The van der Waals surface area contributed by atoms with Crippen LogP contribution in [-0.2, 0) is 5.75 Å². The third-order valence-electron chi connectivity index (χ3n) is 2.94. The Bertz CT molecular complexity index is 584. The van der Waals surface area contributed by atoms with Crippen molar-refractivity contribution in [2.24, 2.45) is 0 Å². The summed E-state index contributed by atoms with van der Waals surface area (Å²) in [5, 5.41) is 9.43.